The molecule has 1 heterocycles. The molecule has 0 fully saturated rings. The fourth-order valence-corrected chi connectivity index (χ4v) is 1.98. The number of nitrogens with zero attached hydrogens (tertiary/aromatic N) is 3. The first kappa shape index (κ1) is 12.3. The zero-order valence-electron chi connectivity index (χ0n) is 11.1. The maximum absolute atomic E-state index is 5.31. The normalized spacial score (nSPS) is 10.4. The summed E-state index contributed by atoms with van der Waals surface area (Å²) in [6, 6.07) is 15.5. The van der Waals surface area contributed by atoms with E-state index in [1.165, 1.54) is 0 Å². The second-order valence-electron chi connectivity index (χ2n) is 4.29. The van der Waals surface area contributed by atoms with Crippen molar-refractivity contribution in [2.45, 2.75) is 6.54 Å². The van der Waals surface area contributed by atoms with Gasteiger partial charge in [0, 0.05) is 12.1 Å². The van der Waals surface area contributed by atoms with Gasteiger partial charge in [0.25, 0.3) is 0 Å². The molecule has 0 radical (unpaired) electrons. The maximum Gasteiger partial charge on any atom is 0.243 e. The van der Waals surface area contributed by atoms with Gasteiger partial charge in [-0.05, 0) is 18.2 Å². The average molecular weight is 266 g/mol. The number of benzene rings is 2. The van der Waals surface area contributed by atoms with Gasteiger partial charge in [-0.1, -0.05) is 30.3 Å². The number of hydrogen-bond acceptors (Lipinski definition) is 5. The molecule has 3 rings (SSSR count). The standard InChI is InChI=1S/C15H14N4O/c1-20-14-9-5-2-6-11(14)10-16-15-17-12-7-3-4-8-13(12)18-19-15/h2-9H,10H2,1H3,(H,16,17,19). The van der Waals surface area contributed by atoms with Crippen molar-refractivity contribution in [3.8, 4) is 5.75 Å². The lowest BCUT2D eigenvalue weighted by Gasteiger charge is -2.09. The summed E-state index contributed by atoms with van der Waals surface area (Å²) >= 11 is 0. The van der Waals surface area contributed by atoms with Crippen LogP contribution in [0.2, 0.25) is 0 Å². The molecule has 2 aromatic carbocycles. The maximum atomic E-state index is 5.31. The van der Waals surface area contributed by atoms with Crippen LogP contribution in [-0.4, -0.2) is 22.3 Å². The van der Waals surface area contributed by atoms with E-state index < -0.39 is 0 Å². The quantitative estimate of drug-likeness (QED) is 0.786. The summed E-state index contributed by atoms with van der Waals surface area (Å²) in [7, 11) is 1.66. The summed E-state index contributed by atoms with van der Waals surface area (Å²) in [5, 5.41) is 11.4. The van der Waals surface area contributed by atoms with E-state index in [0.717, 1.165) is 22.3 Å². The minimum atomic E-state index is 0.509. The van der Waals surface area contributed by atoms with Crippen LogP contribution >= 0.6 is 0 Å². The zero-order valence-corrected chi connectivity index (χ0v) is 11.1. The molecule has 5 nitrogen and oxygen atoms in total. The van der Waals surface area contributed by atoms with Crippen molar-refractivity contribution >= 4 is 17.0 Å². The first-order chi connectivity index (χ1) is 9.86. The van der Waals surface area contributed by atoms with Crippen molar-refractivity contribution in [1.82, 2.24) is 15.2 Å². The number of hydrogen-bond donors (Lipinski definition) is 1. The topological polar surface area (TPSA) is 59.9 Å². The van der Waals surface area contributed by atoms with Crippen molar-refractivity contribution in [3.05, 3.63) is 54.1 Å². The summed E-state index contributed by atoms with van der Waals surface area (Å²) in [5.41, 5.74) is 2.66. The van der Waals surface area contributed by atoms with Gasteiger partial charge in [-0.2, -0.15) is 0 Å². The van der Waals surface area contributed by atoms with Crippen LogP contribution in [0.3, 0.4) is 0 Å². The van der Waals surface area contributed by atoms with Crippen LogP contribution in [-0.2, 0) is 6.54 Å². The smallest absolute Gasteiger partial charge is 0.243 e. The molecule has 0 saturated heterocycles. The molecule has 20 heavy (non-hydrogen) atoms. The summed E-state index contributed by atoms with van der Waals surface area (Å²) in [6.45, 7) is 0.587. The molecule has 100 valence electrons. The van der Waals surface area contributed by atoms with Gasteiger partial charge in [-0.3, -0.25) is 0 Å². The molecule has 0 saturated carbocycles. The van der Waals surface area contributed by atoms with Crippen LogP contribution in [0.15, 0.2) is 48.5 Å². The molecule has 0 atom stereocenters. The van der Waals surface area contributed by atoms with E-state index in [0.29, 0.717) is 12.5 Å². The molecule has 0 aliphatic carbocycles. The summed E-state index contributed by atoms with van der Waals surface area (Å²) in [5.74, 6) is 1.35. The minimum absolute atomic E-state index is 0.509. The largest absolute Gasteiger partial charge is 0.496 e. The Morgan fingerprint density at radius 3 is 2.55 bits per heavy atom. The van der Waals surface area contributed by atoms with E-state index >= 15 is 0 Å². The highest BCUT2D eigenvalue weighted by molar-refractivity contribution is 5.74. The van der Waals surface area contributed by atoms with Gasteiger partial charge >= 0.3 is 0 Å². The summed E-state index contributed by atoms with van der Waals surface area (Å²) < 4.78 is 5.31. The highest BCUT2D eigenvalue weighted by atomic mass is 16.5. The van der Waals surface area contributed by atoms with E-state index in [9.17, 15) is 0 Å². The van der Waals surface area contributed by atoms with E-state index in [2.05, 4.69) is 20.5 Å². The monoisotopic (exact) mass is 266 g/mol. The van der Waals surface area contributed by atoms with E-state index in [1.54, 1.807) is 7.11 Å². The predicted octanol–water partition coefficient (Wildman–Crippen LogP) is 2.65. The van der Waals surface area contributed by atoms with Crippen LogP contribution in [0, 0.1) is 0 Å². The molecule has 1 N–H and O–H groups in total. The molecular weight excluding hydrogens is 252 g/mol. The van der Waals surface area contributed by atoms with E-state index in [1.807, 2.05) is 48.5 Å². The molecule has 0 bridgehead atoms. The SMILES string of the molecule is COc1ccccc1CNc1nnc2ccccc2n1. The van der Waals surface area contributed by atoms with Gasteiger partial charge < -0.3 is 10.1 Å². The Morgan fingerprint density at radius 1 is 0.950 bits per heavy atom. The molecule has 0 aliphatic heterocycles. The van der Waals surface area contributed by atoms with E-state index in [-0.39, 0.29) is 0 Å². The first-order valence-electron chi connectivity index (χ1n) is 6.32. The Bertz CT molecular complexity index is 730. The Hall–Kier alpha value is -2.69. The number of methoxy groups -OCH3 is 1. The number of para-hydroxylation sites is 2. The second-order valence-corrected chi connectivity index (χ2v) is 4.29. The van der Waals surface area contributed by atoms with Crippen molar-refractivity contribution in [2.75, 3.05) is 12.4 Å². The van der Waals surface area contributed by atoms with Gasteiger partial charge in [0.1, 0.15) is 11.3 Å². The Labute approximate surface area is 116 Å². The third-order valence-electron chi connectivity index (χ3n) is 2.99. The van der Waals surface area contributed by atoms with Crippen LogP contribution in [0.4, 0.5) is 5.95 Å². The van der Waals surface area contributed by atoms with Crippen LogP contribution < -0.4 is 10.1 Å². The van der Waals surface area contributed by atoms with Crippen LogP contribution in [0.25, 0.3) is 11.0 Å². The number of rotatable bonds is 4. The van der Waals surface area contributed by atoms with Crippen molar-refractivity contribution in [3.63, 3.8) is 0 Å². The molecule has 0 aliphatic rings. The zero-order chi connectivity index (χ0) is 13.8. The lowest BCUT2D eigenvalue weighted by atomic mass is 10.2. The third kappa shape index (κ3) is 2.51. The number of anilines is 1. The fraction of sp³-hybridized carbons (Fsp3) is 0.133. The van der Waals surface area contributed by atoms with Gasteiger partial charge in [-0.15, -0.1) is 10.2 Å². The van der Waals surface area contributed by atoms with Crippen molar-refractivity contribution in [1.29, 1.82) is 0 Å². The van der Waals surface area contributed by atoms with Crippen LogP contribution in [0.5, 0.6) is 5.75 Å². The molecule has 1 aromatic heterocycles. The number of aromatic nitrogens is 3. The van der Waals surface area contributed by atoms with E-state index in [4.69, 9.17) is 4.74 Å². The van der Waals surface area contributed by atoms with Gasteiger partial charge in [0.15, 0.2) is 0 Å². The number of nitrogens with one attached hydrogen (secondary N) is 1. The highest BCUT2D eigenvalue weighted by Crippen LogP contribution is 2.18. The lowest BCUT2D eigenvalue weighted by Crippen LogP contribution is -2.06. The van der Waals surface area contributed by atoms with Gasteiger partial charge in [0.2, 0.25) is 5.95 Å². The number of fused-ring (bicyclic) bond motifs is 1. The average Bonchev–Trinajstić information content (AvgIpc) is 2.53. The lowest BCUT2D eigenvalue weighted by molar-refractivity contribution is 0.410. The van der Waals surface area contributed by atoms with Crippen LogP contribution in [0.1, 0.15) is 5.56 Å². The second kappa shape index (κ2) is 5.52. The highest BCUT2D eigenvalue weighted by Gasteiger charge is 2.04. The molecule has 0 amide bonds. The molecule has 0 unspecified atom stereocenters. The Balaban J connectivity index is 1.79. The molecular formula is C15H14N4O. The minimum Gasteiger partial charge on any atom is -0.496 e. The molecule has 0 spiro atoms. The fourth-order valence-electron chi connectivity index (χ4n) is 1.98. The Kier molecular flexibility index (Phi) is 3.41. The van der Waals surface area contributed by atoms with Crippen molar-refractivity contribution in [2.24, 2.45) is 0 Å². The van der Waals surface area contributed by atoms with Crippen molar-refractivity contribution < 1.29 is 4.74 Å². The predicted molar refractivity (Wildman–Crippen MR) is 77.7 cm³/mol. The summed E-state index contributed by atoms with van der Waals surface area (Å²) in [4.78, 5) is 4.42. The van der Waals surface area contributed by atoms with Gasteiger partial charge in [-0.25, -0.2) is 4.98 Å². The van der Waals surface area contributed by atoms with Gasteiger partial charge in [0.05, 0.1) is 12.6 Å². The molecule has 3 aromatic rings. The first-order valence-corrected chi connectivity index (χ1v) is 6.32. The summed E-state index contributed by atoms with van der Waals surface area (Å²) in [6.07, 6.45) is 0. The Morgan fingerprint density at radius 2 is 1.70 bits per heavy atom. The number of ether oxygens (including phenoxy) is 1. The molecule has 5 heteroatoms. The third-order valence-corrected chi connectivity index (χ3v) is 2.99.